The molecule has 0 saturated carbocycles. The molecule has 0 radical (unpaired) electrons. The molecule has 5 nitrogen and oxygen atoms in total. The Hall–Kier alpha value is -3.03. The number of hydrogen-bond donors (Lipinski definition) is 2. The van der Waals surface area contributed by atoms with Gasteiger partial charge in [0.2, 0.25) is 11.8 Å². The Morgan fingerprint density at radius 1 is 0.893 bits per heavy atom. The lowest BCUT2D eigenvalue weighted by Crippen LogP contribution is -2.41. The molecular formula is C20H21F3N2O3. The molecule has 2 amide bonds. The fraction of sp³-hybridized carbons (Fsp3) is 0.300. The summed E-state index contributed by atoms with van der Waals surface area (Å²) in [5.41, 5.74) is -1.74. The van der Waals surface area contributed by atoms with Crippen LogP contribution in [0.1, 0.15) is 27.7 Å². The number of hydrogen-bond acceptors (Lipinski definition) is 3. The predicted octanol–water partition coefficient (Wildman–Crippen LogP) is 4.49. The summed E-state index contributed by atoms with van der Waals surface area (Å²) in [6.45, 7) is 6.41. The summed E-state index contributed by atoms with van der Waals surface area (Å²) >= 11 is 0. The van der Waals surface area contributed by atoms with Crippen LogP contribution in [0.5, 0.6) is 5.75 Å². The van der Waals surface area contributed by atoms with Gasteiger partial charge in [-0.3, -0.25) is 9.59 Å². The summed E-state index contributed by atoms with van der Waals surface area (Å²) in [6.07, 6.45) is -0.000218. The Kier molecular flexibility index (Phi) is 6.33. The van der Waals surface area contributed by atoms with Gasteiger partial charge < -0.3 is 15.4 Å². The molecule has 150 valence electrons. The SMILES string of the molecule is CC(C)Oc1ccc(NC(=O)C(C)(C)C(=O)Nc2ccc(F)c(F)c2F)cc1. The molecule has 0 aliphatic rings. The van der Waals surface area contributed by atoms with E-state index in [2.05, 4.69) is 10.6 Å². The largest absolute Gasteiger partial charge is 0.491 e. The van der Waals surface area contributed by atoms with Crippen LogP contribution in [0, 0.1) is 22.9 Å². The van der Waals surface area contributed by atoms with Gasteiger partial charge in [0.05, 0.1) is 11.8 Å². The van der Waals surface area contributed by atoms with Gasteiger partial charge in [0.25, 0.3) is 0 Å². The van der Waals surface area contributed by atoms with Crippen LogP contribution in [0.3, 0.4) is 0 Å². The van der Waals surface area contributed by atoms with Gasteiger partial charge >= 0.3 is 0 Å². The van der Waals surface area contributed by atoms with Crippen molar-refractivity contribution in [2.45, 2.75) is 33.8 Å². The Labute approximate surface area is 160 Å². The van der Waals surface area contributed by atoms with Crippen LogP contribution in [0.2, 0.25) is 0 Å². The van der Waals surface area contributed by atoms with Crippen LogP contribution < -0.4 is 15.4 Å². The first-order valence-corrected chi connectivity index (χ1v) is 8.55. The normalized spacial score (nSPS) is 11.3. The van der Waals surface area contributed by atoms with E-state index in [1.165, 1.54) is 13.8 Å². The molecule has 28 heavy (non-hydrogen) atoms. The van der Waals surface area contributed by atoms with E-state index in [0.29, 0.717) is 17.5 Å². The lowest BCUT2D eigenvalue weighted by atomic mass is 9.90. The van der Waals surface area contributed by atoms with Crippen molar-refractivity contribution in [2.24, 2.45) is 5.41 Å². The zero-order valence-electron chi connectivity index (χ0n) is 15.9. The van der Waals surface area contributed by atoms with Crippen LogP contribution in [0.4, 0.5) is 24.5 Å². The molecule has 0 fully saturated rings. The highest BCUT2D eigenvalue weighted by Gasteiger charge is 2.36. The third-order valence-electron chi connectivity index (χ3n) is 3.90. The Balaban J connectivity index is 2.09. The second kappa shape index (κ2) is 8.33. The molecule has 0 aliphatic heterocycles. The van der Waals surface area contributed by atoms with E-state index in [-0.39, 0.29) is 6.10 Å². The number of ether oxygens (including phenoxy) is 1. The lowest BCUT2D eigenvalue weighted by Gasteiger charge is -2.23. The van der Waals surface area contributed by atoms with Crippen molar-refractivity contribution in [1.29, 1.82) is 0 Å². The number of carbonyl (C=O) groups is 2. The minimum absolute atomic E-state index is 0.000218. The molecule has 2 N–H and O–H groups in total. The molecule has 0 aliphatic carbocycles. The minimum Gasteiger partial charge on any atom is -0.491 e. The molecule has 0 heterocycles. The van der Waals surface area contributed by atoms with E-state index in [1.807, 2.05) is 13.8 Å². The van der Waals surface area contributed by atoms with Crippen LogP contribution in [0.25, 0.3) is 0 Å². The summed E-state index contributed by atoms with van der Waals surface area (Å²) in [5.74, 6) is -5.54. The zero-order chi connectivity index (χ0) is 21.1. The fourth-order valence-corrected chi connectivity index (χ4v) is 2.18. The van der Waals surface area contributed by atoms with E-state index in [4.69, 9.17) is 4.74 Å². The monoisotopic (exact) mass is 394 g/mol. The highest BCUT2D eigenvalue weighted by Crippen LogP contribution is 2.25. The van der Waals surface area contributed by atoms with E-state index in [0.717, 1.165) is 6.07 Å². The van der Waals surface area contributed by atoms with Gasteiger partial charge in [-0.05, 0) is 64.1 Å². The molecule has 2 rings (SSSR count). The first kappa shape index (κ1) is 21.3. The summed E-state index contributed by atoms with van der Waals surface area (Å²) in [6, 6.07) is 8.12. The third kappa shape index (κ3) is 4.82. The lowest BCUT2D eigenvalue weighted by molar-refractivity contribution is -0.135. The first-order valence-electron chi connectivity index (χ1n) is 8.55. The van der Waals surface area contributed by atoms with Gasteiger partial charge in [-0.2, -0.15) is 0 Å². The van der Waals surface area contributed by atoms with Gasteiger partial charge in [0, 0.05) is 5.69 Å². The number of amides is 2. The van der Waals surface area contributed by atoms with Crippen molar-refractivity contribution in [3.05, 3.63) is 53.8 Å². The maximum atomic E-state index is 13.7. The number of anilines is 2. The van der Waals surface area contributed by atoms with Crippen LogP contribution in [-0.4, -0.2) is 17.9 Å². The molecule has 0 unspecified atom stereocenters. The summed E-state index contributed by atoms with van der Waals surface area (Å²) in [7, 11) is 0. The average molecular weight is 394 g/mol. The number of nitrogens with one attached hydrogen (secondary N) is 2. The molecule has 0 bridgehead atoms. The smallest absolute Gasteiger partial charge is 0.239 e. The minimum atomic E-state index is -1.70. The maximum Gasteiger partial charge on any atom is 0.239 e. The summed E-state index contributed by atoms with van der Waals surface area (Å²) in [5, 5.41) is 4.70. The van der Waals surface area contributed by atoms with Crippen molar-refractivity contribution in [1.82, 2.24) is 0 Å². The molecule has 2 aromatic carbocycles. The van der Waals surface area contributed by atoms with Crippen molar-refractivity contribution in [3.8, 4) is 5.75 Å². The van der Waals surface area contributed by atoms with Gasteiger partial charge in [-0.25, -0.2) is 13.2 Å². The summed E-state index contributed by atoms with van der Waals surface area (Å²) in [4.78, 5) is 24.9. The number of benzene rings is 2. The number of carbonyl (C=O) groups excluding carboxylic acids is 2. The fourth-order valence-electron chi connectivity index (χ4n) is 2.18. The van der Waals surface area contributed by atoms with Gasteiger partial charge in [-0.1, -0.05) is 0 Å². The molecule has 0 spiro atoms. The van der Waals surface area contributed by atoms with Crippen molar-refractivity contribution in [3.63, 3.8) is 0 Å². The molecule has 0 saturated heterocycles. The van der Waals surface area contributed by atoms with Crippen LogP contribution >= 0.6 is 0 Å². The van der Waals surface area contributed by atoms with Gasteiger partial charge in [0.15, 0.2) is 17.5 Å². The highest BCUT2D eigenvalue weighted by atomic mass is 19.2. The zero-order valence-corrected chi connectivity index (χ0v) is 15.9. The molecule has 0 atom stereocenters. The van der Waals surface area contributed by atoms with Crippen LogP contribution in [0.15, 0.2) is 36.4 Å². The van der Waals surface area contributed by atoms with Crippen molar-refractivity contribution >= 4 is 23.2 Å². The second-order valence-electron chi connectivity index (χ2n) is 6.95. The number of rotatable bonds is 6. The second-order valence-corrected chi connectivity index (χ2v) is 6.95. The van der Waals surface area contributed by atoms with E-state index < -0.39 is 40.4 Å². The highest BCUT2D eigenvalue weighted by molar-refractivity contribution is 6.14. The predicted molar refractivity (Wildman–Crippen MR) is 99.6 cm³/mol. The standard InChI is InChI=1S/C20H21F3N2O3/c1-11(2)28-13-7-5-12(6-8-13)24-18(26)20(3,4)19(27)25-15-10-9-14(21)16(22)17(15)23/h5-11H,1-4H3,(H,24,26)(H,25,27). The van der Waals surface area contributed by atoms with Crippen molar-refractivity contribution < 1.29 is 27.5 Å². The maximum absolute atomic E-state index is 13.7. The third-order valence-corrected chi connectivity index (χ3v) is 3.90. The topological polar surface area (TPSA) is 67.4 Å². The van der Waals surface area contributed by atoms with Crippen LogP contribution in [-0.2, 0) is 9.59 Å². The first-order chi connectivity index (χ1) is 13.0. The molecule has 8 heteroatoms. The average Bonchev–Trinajstić information content (AvgIpc) is 2.63. The Bertz CT molecular complexity index is 881. The van der Waals surface area contributed by atoms with Gasteiger partial charge in [0.1, 0.15) is 11.2 Å². The van der Waals surface area contributed by atoms with E-state index >= 15 is 0 Å². The van der Waals surface area contributed by atoms with Crippen molar-refractivity contribution in [2.75, 3.05) is 10.6 Å². The van der Waals surface area contributed by atoms with E-state index in [1.54, 1.807) is 24.3 Å². The molecule has 2 aromatic rings. The molecule has 0 aromatic heterocycles. The Morgan fingerprint density at radius 2 is 1.46 bits per heavy atom. The number of halogens is 3. The summed E-state index contributed by atoms with van der Waals surface area (Å²) < 4.78 is 45.6. The quantitative estimate of drug-likeness (QED) is 0.560. The Morgan fingerprint density at radius 3 is 2.04 bits per heavy atom. The van der Waals surface area contributed by atoms with E-state index in [9.17, 15) is 22.8 Å². The molecular weight excluding hydrogens is 373 g/mol. The van der Waals surface area contributed by atoms with Gasteiger partial charge in [-0.15, -0.1) is 0 Å².